The highest BCUT2D eigenvalue weighted by molar-refractivity contribution is 6.04. The molecule has 0 saturated heterocycles. The fourth-order valence-corrected chi connectivity index (χ4v) is 4.70. The normalized spacial score (nSPS) is 13.9. The lowest BCUT2D eigenvalue weighted by Gasteiger charge is -2.30. The first-order valence-corrected chi connectivity index (χ1v) is 12.2. The molecule has 3 N–H and O–H groups in total. The molecule has 3 aromatic carbocycles. The highest BCUT2D eigenvalue weighted by atomic mass is 19.1. The van der Waals surface area contributed by atoms with Crippen LogP contribution in [-0.2, 0) is 24.4 Å². The first-order valence-electron chi connectivity index (χ1n) is 12.2. The Kier molecular flexibility index (Phi) is 8.27. The monoisotopic (exact) mass is 473 g/mol. The predicted molar refractivity (Wildman–Crippen MR) is 136 cm³/mol. The van der Waals surface area contributed by atoms with E-state index < -0.39 is 11.7 Å². The molecule has 1 aliphatic rings. The van der Waals surface area contributed by atoms with Gasteiger partial charge in [-0.15, -0.1) is 0 Å². The lowest BCUT2D eigenvalue weighted by molar-refractivity contribution is -0.137. The molecule has 2 amide bonds. The molecule has 5 nitrogen and oxygen atoms in total. The van der Waals surface area contributed by atoms with E-state index in [0.717, 1.165) is 42.4 Å². The quantitative estimate of drug-likeness (QED) is 0.444. The van der Waals surface area contributed by atoms with Gasteiger partial charge in [0.15, 0.2) is 0 Å². The molecule has 1 fully saturated rings. The van der Waals surface area contributed by atoms with Gasteiger partial charge >= 0.3 is 0 Å². The van der Waals surface area contributed by atoms with Crippen LogP contribution in [0.25, 0.3) is 0 Å². The zero-order valence-electron chi connectivity index (χ0n) is 19.9. The standard InChI is InChI=1S/C29H32FN3O2/c30-26-14-7-13-24(17-26)28(34)32-27-15-5-4-12-25(27)20-33(29(35)23-10-2-1-3-11-23)19-22-9-6-8-21(16-22)18-31/h4-9,12-17,23H,1-3,10-11,18-20,31H2,(H,32,34). The van der Waals surface area contributed by atoms with Gasteiger partial charge < -0.3 is 16.0 Å². The van der Waals surface area contributed by atoms with Crippen LogP contribution in [0.15, 0.2) is 72.8 Å². The molecule has 0 radical (unpaired) electrons. The molecule has 0 heterocycles. The number of carbonyl (C=O) groups is 2. The number of nitrogens with two attached hydrogens (primary N) is 1. The molecular formula is C29H32FN3O2. The van der Waals surface area contributed by atoms with Crippen molar-refractivity contribution in [3.63, 3.8) is 0 Å². The minimum Gasteiger partial charge on any atom is -0.334 e. The molecule has 1 aliphatic carbocycles. The molecule has 1 saturated carbocycles. The Labute approximate surface area is 206 Å². The number of anilines is 1. The Morgan fingerprint density at radius 1 is 0.886 bits per heavy atom. The minimum absolute atomic E-state index is 0.0236. The Hall–Kier alpha value is -3.51. The molecule has 4 rings (SSSR count). The van der Waals surface area contributed by atoms with Crippen molar-refractivity contribution in [2.75, 3.05) is 5.32 Å². The van der Waals surface area contributed by atoms with Crippen LogP contribution in [0.5, 0.6) is 0 Å². The summed E-state index contributed by atoms with van der Waals surface area (Å²) in [5.41, 5.74) is 9.56. The van der Waals surface area contributed by atoms with Crippen LogP contribution < -0.4 is 11.1 Å². The highest BCUT2D eigenvalue weighted by Crippen LogP contribution is 2.28. The van der Waals surface area contributed by atoms with Gasteiger partial charge in [0.1, 0.15) is 5.82 Å². The smallest absolute Gasteiger partial charge is 0.255 e. The van der Waals surface area contributed by atoms with E-state index >= 15 is 0 Å². The molecule has 3 aromatic rings. The third-order valence-corrected chi connectivity index (χ3v) is 6.58. The van der Waals surface area contributed by atoms with E-state index in [1.165, 1.54) is 24.6 Å². The number of para-hydroxylation sites is 1. The average molecular weight is 474 g/mol. The van der Waals surface area contributed by atoms with Crippen molar-refractivity contribution in [2.45, 2.75) is 51.7 Å². The van der Waals surface area contributed by atoms with E-state index in [1.54, 1.807) is 6.07 Å². The number of hydrogen-bond acceptors (Lipinski definition) is 3. The number of nitrogens with zero attached hydrogens (tertiary/aromatic N) is 1. The lowest BCUT2D eigenvalue weighted by Crippen LogP contribution is -2.36. The number of hydrogen-bond donors (Lipinski definition) is 2. The van der Waals surface area contributed by atoms with Gasteiger partial charge in [0, 0.05) is 36.8 Å². The maximum atomic E-state index is 13.6. The topological polar surface area (TPSA) is 75.4 Å². The maximum Gasteiger partial charge on any atom is 0.255 e. The van der Waals surface area contributed by atoms with Crippen LogP contribution in [0.2, 0.25) is 0 Å². The zero-order chi connectivity index (χ0) is 24.6. The van der Waals surface area contributed by atoms with E-state index in [-0.39, 0.29) is 17.4 Å². The number of carbonyl (C=O) groups excluding carboxylic acids is 2. The summed E-state index contributed by atoms with van der Waals surface area (Å²) in [4.78, 5) is 28.3. The molecule has 182 valence electrons. The second-order valence-electron chi connectivity index (χ2n) is 9.17. The van der Waals surface area contributed by atoms with Gasteiger partial charge in [-0.3, -0.25) is 9.59 Å². The van der Waals surface area contributed by atoms with Crippen LogP contribution in [0.3, 0.4) is 0 Å². The summed E-state index contributed by atoms with van der Waals surface area (Å²) in [5, 5.41) is 2.90. The Morgan fingerprint density at radius 2 is 1.63 bits per heavy atom. The minimum atomic E-state index is -0.463. The molecule has 0 aliphatic heterocycles. The van der Waals surface area contributed by atoms with Crippen molar-refractivity contribution < 1.29 is 14.0 Å². The molecule has 35 heavy (non-hydrogen) atoms. The van der Waals surface area contributed by atoms with E-state index in [4.69, 9.17) is 5.73 Å². The number of amides is 2. The summed E-state index contributed by atoms with van der Waals surface area (Å²) in [6.07, 6.45) is 5.16. The molecule has 0 spiro atoms. The van der Waals surface area contributed by atoms with Crippen molar-refractivity contribution in [3.05, 3.63) is 101 Å². The van der Waals surface area contributed by atoms with Crippen molar-refractivity contribution in [1.29, 1.82) is 0 Å². The molecule has 0 bridgehead atoms. The fraction of sp³-hybridized carbons (Fsp3) is 0.310. The summed E-state index contributed by atoms with van der Waals surface area (Å²) in [5.74, 6) is -0.683. The van der Waals surface area contributed by atoms with Crippen molar-refractivity contribution in [2.24, 2.45) is 11.7 Å². The lowest BCUT2D eigenvalue weighted by atomic mass is 9.88. The molecule has 0 aromatic heterocycles. The zero-order valence-corrected chi connectivity index (χ0v) is 19.9. The molecule has 0 unspecified atom stereocenters. The summed E-state index contributed by atoms with van der Waals surface area (Å²) in [6.45, 7) is 1.27. The average Bonchev–Trinajstić information content (AvgIpc) is 2.89. The van der Waals surface area contributed by atoms with Crippen molar-refractivity contribution >= 4 is 17.5 Å². The van der Waals surface area contributed by atoms with Gasteiger partial charge in [-0.1, -0.05) is 67.8 Å². The van der Waals surface area contributed by atoms with Gasteiger partial charge in [-0.2, -0.15) is 0 Å². The first-order chi connectivity index (χ1) is 17.0. The Morgan fingerprint density at radius 3 is 2.40 bits per heavy atom. The summed E-state index contributed by atoms with van der Waals surface area (Å²) >= 11 is 0. The number of nitrogens with one attached hydrogen (secondary N) is 1. The van der Waals surface area contributed by atoms with E-state index in [2.05, 4.69) is 5.32 Å². The van der Waals surface area contributed by atoms with Crippen LogP contribution in [0.4, 0.5) is 10.1 Å². The largest absolute Gasteiger partial charge is 0.334 e. The van der Waals surface area contributed by atoms with Gasteiger partial charge in [0.2, 0.25) is 5.91 Å². The number of halogens is 1. The van der Waals surface area contributed by atoms with Crippen LogP contribution >= 0.6 is 0 Å². The molecule has 6 heteroatoms. The first kappa shape index (κ1) is 24.6. The van der Waals surface area contributed by atoms with Gasteiger partial charge in [0.05, 0.1) is 0 Å². The summed E-state index contributed by atoms with van der Waals surface area (Å²) in [7, 11) is 0. The van der Waals surface area contributed by atoms with Gasteiger partial charge in [0.25, 0.3) is 5.91 Å². The Bertz CT molecular complexity index is 1170. The van der Waals surface area contributed by atoms with E-state index in [9.17, 15) is 14.0 Å². The Balaban J connectivity index is 1.58. The van der Waals surface area contributed by atoms with Crippen molar-refractivity contribution in [3.8, 4) is 0 Å². The summed E-state index contributed by atoms with van der Waals surface area (Å²) < 4.78 is 13.6. The third-order valence-electron chi connectivity index (χ3n) is 6.58. The number of benzene rings is 3. The van der Waals surface area contributed by atoms with Crippen molar-refractivity contribution in [1.82, 2.24) is 4.90 Å². The second-order valence-corrected chi connectivity index (χ2v) is 9.17. The highest BCUT2D eigenvalue weighted by Gasteiger charge is 2.27. The van der Waals surface area contributed by atoms with Crippen LogP contribution in [0, 0.1) is 11.7 Å². The molecular weight excluding hydrogens is 441 g/mol. The number of rotatable bonds is 8. The van der Waals surface area contributed by atoms with E-state index in [1.807, 2.05) is 53.4 Å². The fourth-order valence-electron chi connectivity index (χ4n) is 4.70. The summed E-state index contributed by atoms with van der Waals surface area (Å²) in [6, 6.07) is 21.1. The predicted octanol–water partition coefficient (Wildman–Crippen LogP) is 5.65. The van der Waals surface area contributed by atoms with Crippen LogP contribution in [0.1, 0.15) is 59.2 Å². The van der Waals surface area contributed by atoms with Gasteiger partial charge in [-0.25, -0.2) is 4.39 Å². The van der Waals surface area contributed by atoms with Gasteiger partial charge in [-0.05, 0) is 53.8 Å². The second kappa shape index (κ2) is 11.8. The third kappa shape index (κ3) is 6.55. The van der Waals surface area contributed by atoms with Crippen LogP contribution in [-0.4, -0.2) is 16.7 Å². The SMILES string of the molecule is NCc1cccc(CN(Cc2ccccc2NC(=O)c2cccc(F)c2)C(=O)C2CCCCC2)c1. The van der Waals surface area contributed by atoms with E-state index in [0.29, 0.717) is 25.3 Å². The maximum absolute atomic E-state index is 13.6. The molecule has 0 atom stereocenters.